The maximum atomic E-state index is 13.1. The van der Waals surface area contributed by atoms with Crippen LogP contribution < -0.4 is 0 Å². The minimum atomic E-state index is -4.95. The smallest absolute Gasteiger partial charge is 0.462 e. The summed E-state index contributed by atoms with van der Waals surface area (Å²) in [6.07, 6.45) is 52.9. The molecule has 0 aromatic heterocycles. The standard InChI is InChI=1S/C74H144O17P2/c1-7-9-11-13-15-38-44-50-56-71(76)84-62-69(90-73(78)58-52-46-39-16-14-12-10-8-2)64-88-92(80,81)86-60-68(75)61-87-93(82,83)89-65-70(63-85-72(77)57-51-45-40-34-30-26-23-19-21-25-29-33-37-43-49-55-67(5)6)91-74(79)59-53-47-41-35-31-27-22-18-17-20-24-28-32-36-42-48-54-66(3)4/h66-70,75H,7-65H2,1-6H3,(H,80,81)(H,82,83)/t68-,69+,70+/m0/s1. The van der Waals surface area contributed by atoms with E-state index in [1.807, 2.05) is 0 Å². The van der Waals surface area contributed by atoms with E-state index in [2.05, 4.69) is 41.5 Å². The van der Waals surface area contributed by atoms with Gasteiger partial charge < -0.3 is 33.8 Å². The maximum absolute atomic E-state index is 13.1. The van der Waals surface area contributed by atoms with Crippen molar-refractivity contribution in [3.63, 3.8) is 0 Å². The largest absolute Gasteiger partial charge is 0.472 e. The third-order valence-corrected chi connectivity index (χ3v) is 19.1. The van der Waals surface area contributed by atoms with Crippen LogP contribution in [-0.4, -0.2) is 96.7 Å². The van der Waals surface area contributed by atoms with Crippen LogP contribution in [-0.2, 0) is 65.4 Å². The van der Waals surface area contributed by atoms with Gasteiger partial charge in [-0.15, -0.1) is 0 Å². The van der Waals surface area contributed by atoms with Crippen LogP contribution in [0.4, 0.5) is 0 Å². The summed E-state index contributed by atoms with van der Waals surface area (Å²) in [6.45, 7) is 9.58. The van der Waals surface area contributed by atoms with Gasteiger partial charge in [-0.25, -0.2) is 9.13 Å². The first kappa shape index (κ1) is 91.1. The van der Waals surface area contributed by atoms with Crippen molar-refractivity contribution in [2.24, 2.45) is 11.8 Å². The van der Waals surface area contributed by atoms with Crippen LogP contribution in [0.25, 0.3) is 0 Å². The summed E-state index contributed by atoms with van der Waals surface area (Å²) in [4.78, 5) is 72.5. The first-order valence-corrected chi connectivity index (χ1v) is 41.5. The van der Waals surface area contributed by atoms with E-state index in [9.17, 15) is 43.2 Å². The number of esters is 4. The van der Waals surface area contributed by atoms with Crippen LogP contribution in [0.15, 0.2) is 0 Å². The maximum Gasteiger partial charge on any atom is 0.472 e. The second kappa shape index (κ2) is 66.0. The zero-order valence-electron chi connectivity index (χ0n) is 60.6. The van der Waals surface area contributed by atoms with Crippen molar-refractivity contribution in [2.45, 2.75) is 400 Å². The zero-order chi connectivity index (χ0) is 68.6. The first-order valence-electron chi connectivity index (χ1n) is 38.5. The van der Waals surface area contributed by atoms with Gasteiger partial charge in [-0.3, -0.25) is 37.3 Å². The van der Waals surface area contributed by atoms with Gasteiger partial charge in [0.2, 0.25) is 0 Å². The molecule has 0 spiro atoms. The molecule has 0 amide bonds. The summed E-state index contributed by atoms with van der Waals surface area (Å²) >= 11 is 0. The highest BCUT2D eigenvalue weighted by molar-refractivity contribution is 7.47. The third kappa shape index (κ3) is 68.4. The molecule has 93 heavy (non-hydrogen) atoms. The SMILES string of the molecule is CCCCCCCCCCC(=O)OC[C@H](COP(=O)(O)OC[C@H](O)COP(=O)(O)OC[C@@H](COC(=O)CCCCCCCCCCCCCCCCCC(C)C)OC(=O)CCCCCCCCCCCCCCCCCCC(C)C)OC(=O)CCCCCCCCCC. The van der Waals surface area contributed by atoms with Crippen molar-refractivity contribution in [1.82, 2.24) is 0 Å². The lowest BCUT2D eigenvalue weighted by atomic mass is 10.0. The van der Waals surface area contributed by atoms with E-state index in [0.29, 0.717) is 25.7 Å². The second-order valence-electron chi connectivity index (χ2n) is 27.6. The molecule has 0 aromatic rings. The molecule has 0 heterocycles. The lowest BCUT2D eigenvalue weighted by Gasteiger charge is -2.21. The van der Waals surface area contributed by atoms with Gasteiger partial charge in [-0.05, 0) is 37.5 Å². The van der Waals surface area contributed by atoms with E-state index in [-0.39, 0.29) is 25.7 Å². The van der Waals surface area contributed by atoms with Crippen molar-refractivity contribution in [2.75, 3.05) is 39.6 Å². The van der Waals surface area contributed by atoms with Gasteiger partial charge >= 0.3 is 39.5 Å². The number of hydrogen-bond acceptors (Lipinski definition) is 15. The molecule has 0 aromatic carbocycles. The molecule has 2 unspecified atom stereocenters. The van der Waals surface area contributed by atoms with Gasteiger partial charge in [0.1, 0.15) is 19.3 Å². The van der Waals surface area contributed by atoms with E-state index in [0.717, 1.165) is 115 Å². The molecule has 5 atom stereocenters. The Bertz CT molecular complexity index is 1800. The Balaban J connectivity index is 5.16. The van der Waals surface area contributed by atoms with Crippen LogP contribution in [0.5, 0.6) is 0 Å². The zero-order valence-corrected chi connectivity index (χ0v) is 62.3. The topological polar surface area (TPSA) is 237 Å². The van der Waals surface area contributed by atoms with Crippen molar-refractivity contribution < 1.29 is 80.2 Å². The Morgan fingerprint density at radius 1 is 0.290 bits per heavy atom. The normalized spacial score (nSPS) is 14.1. The number of rotatable bonds is 73. The van der Waals surface area contributed by atoms with Crippen LogP contribution in [0.3, 0.4) is 0 Å². The van der Waals surface area contributed by atoms with Crippen LogP contribution in [0.2, 0.25) is 0 Å². The van der Waals surface area contributed by atoms with Crippen LogP contribution in [0, 0.1) is 11.8 Å². The molecule has 0 rings (SSSR count). The summed E-state index contributed by atoms with van der Waals surface area (Å²) in [7, 11) is -9.90. The molecule has 0 aliphatic rings. The number of phosphoric ester groups is 2. The highest BCUT2D eigenvalue weighted by Crippen LogP contribution is 2.45. The highest BCUT2D eigenvalue weighted by Gasteiger charge is 2.30. The Kier molecular flexibility index (Phi) is 64.6. The van der Waals surface area contributed by atoms with Crippen molar-refractivity contribution in [3.05, 3.63) is 0 Å². The average molecular weight is 1370 g/mol. The summed E-state index contributed by atoms with van der Waals surface area (Å²) in [6, 6.07) is 0. The fourth-order valence-corrected chi connectivity index (χ4v) is 12.9. The van der Waals surface area contributed by atoms with Crippen LogP contribution >= 0.6 is 15.6 Å². The predicted molar refractivity (Wildman–Crippen MR) is 377 cm³/mol. The van der Waals surface area contributed by atoms with Crippen LogP contribution in [0.1, 0.15) is 382 Å². The average Bonchev–Trinajstić information content (AvgIpc) is 1.73. The second-order valence-corrected chi connectivity index (χ2v) is 30.5. The lowest BCUT2D eigenvalue weighted by molar-refractivity contribution is -0.161. The van der Waals surface area contributed by atoms with Gasteiger partial charge in [-0.1, -0.05) is 330 Å². The number of ether oxygens (including phenoxy) is 4. The van der Waals surface area contributed by atoms with E-state index in [1.54, 1.807) is 0 Å². The Hall–Kier alpha value is -1.94. The van der Waals surface area contributed by atoms with Crippen molar-refractivity contribution in [1.29, 1.82) is 0 Å². The highest BCUT2D eigenvalue weighted by atomic mass is 31.2. The van der Waals surface area contributed by atoms with E-state index in [4.69, 9.17) is 37.0 Å². The fraction of sp³-hybridized carbons (Fsp3) is 0.946. The van der Waals surface area contributed by atoms with Crippen molar-refractivity contribution >= 4 is 39.5 Å². The molecule has 0 aliphatic heterocycles. The molecule has 0 radical (unpaired) electrons. The monoisotopic (exact) mass is 1370 g/mol. The lowest BCUT2D eigenvalue weighted by Crippen LogP contribution is -2.30. The van der Waals surface area contributed by atoms with E-state index < -0.39 is 97.5 Å². The molecule has 0 bridgehead atoms. The number of phosphoric acid groups is 2. The van der Waals surface area contributed by atoms with Gasteiger partial charge in [-0.2, -0.15) is 0 Å². The Labute approximate surface area is 568 Å². The third-order valence-electron chi connectivity index (χ3n) is 17.2. The van der Waals surface area contributed by atoms with Gasteiger partial charge in [0.25, 0.3) is 0 Å². The molecular weight excluding hydrogens is 1220 g/mol. The summed E-state index contributed by atoms with van der Waals surface area (Å²) in [5, 5.41) is 10.6. The van der Waals surface area contributed by atoms with Gasteiger partial charge in [0.15, 0.2) is 12.2 Å². The molecule has 0 saturated heterocycles. The molecule has 17 nitrogen and oxygen atoms in total. The first-order chi connectivity index (χ1) is 44.9. The Morgan fingerprint density at radius 3 is 0.731 bits per heavy atom. The van der Waals surface area contributed by atoms with E-state index in [1.165, 1.54) is 186 Å². The van der Waals surface area contributed by atoms with E-state index >= 15 is 0 Å². The number of carbonyl (C=O) groups is 4. The molecule has 0 fully saturated rings. The quantitative estimate of drug-likeness (QED) is 0.0222. The fourth-order valence-electron chi connectivity index (χ4n) is 11.3. The molecule has 3 N–H and O–H groups in total. The van der Waals surface area contributed by atoms with Crippen molar-refractivity contribution in [3.8, 4) is 0 Å². The number of carbonyl (C=O) groups excluding carboxylic acids is 4. The summed E-state index contributed by atoms with van der Waals surface area (Å²) in [5.41, 5.74) is 0. The Morgan fingerprint density at radius 2 is 0.495 bits per heavy atom. The number of unbranched alkanes of at least 4 members (excludes halogenated alkanes) is 43. The number of aliphatic hydroxyl groups is 1. The molecule has 19 heteroatoms. The summed E-state index contributed by atoms with van der Waals surface area (Å²) in [5.74, 6) is -0.508. The number of aliphatic hydroxyl groups excluding tert-OH is 1. The minimum Gasteiger partial charge on any atom is -0.462 e. The van der Waals surface area contributed by atoms with Gasteiger partial charge in [0.05, 0.1) is 26.4 Å². The summed E-state index contributed by atoms with van der Waals surface area (Å²) < 4.78 is 68.3. The predicted octanol–water partition coefficient (Wildman–Crippen LogP) is 21.6. The number of hydrogen-bond donors (Lipinski definition) is 3. The molecule has 0 aliphatic carbocycles. The molecule has 0 saturated carbocycles. The minimum absolute atomic E-state index is 0.105. The molecule has 552 valence electrons. The van der Waals surface area contributed by atoms with Gasteiger partial charge in [0, 0.05) is 25.7 Å². The molecular formula is C74H144O17P2.